The first-order chi connectivity index (χ1) is 13.6. The van der Waals surface area contributed by atoms with Gasteiger partial charge in [-0.2, -0.15) is 13.8 Å². The number of hydrogen-bond acceptors (Lipinski definition) is 7. The molecule has 0 bridgehead atoms. The Morgan fingerprint density at radius 1 is 1.00 bits per heavy atom. The van der Waals surface area contributed by atoms with Crippen molar-refractivity contribution in [3.8, 4) is 34.4 Å². The monoisotopic (exact) mass is 392 g/mol. The van der Waals surface area contributed by atoms with Crippen molar-refractivity contribution in [2.45, 2.75) is 20.1 Å². The van der Waals surface area contributed by atoms with E-state index in [0.717, 1.165) is 5.75 Å². The van der Waals surface area contributed by atoms with Crippen LogP contribution in [0.15, 0.2) is 47.0 Å². The van der Waals surface area contributed by atoms with Crippen LogP contribution in [0.2, 0.25) is 0 Å². The van der Waals surface area contributed by atoms with Gasteiger partial charge in [-0.1, -0.05) is 5.16 Å². The Morgan fingerprint density at radius 2 is 1.71 bits per heavy atom. The van der Waals surface area contributed by atoms with E-state index in [4.69, 9.17) is 18.7 Å². The van der Waals surface area contributed by atoms with E-state index in [1.165, 1.54) is 25.3 Å². The summed E-state index contributed by atoms with van der Waals surface area (Å²) in [7, 11) is 1.35. The summed E-state index contributed by atoms with van der Waals surface area (Å²) < 4.78 is 50.4. The van der Waals surface area contributed by atoms with Crippen LogP contribution in [0.4, 0.5) is 8.78 Å². The number of rotatable bonds is 9. The number of alkyl halides is 2. The molecule has 0 saturated carbocycles. The molecule has 9 heteroatoms. The van der Waals surface area contributed by atoms with Crippen LogP contribution in [0.1, 0.15) is 12.8 Å². The molecule has 0 fully saturated rings. The summed E-state index contributed by atoms with van der Waals surface area (Å²) in [5.41, 5.74) is 0.523. The number of methoxy groups -OCH3 is 1. The van der Waals surface area contributed by atoms with Gasteiger partial charge in [-0.05, 0) is 49.4 Å². The van der Waals surface area contributed by atoms with Gasteiger partial charge in [-0.3, -0.25) is 0 Å². The van der Waals surface area contributed by atoms with Crippen LogP contribution in [-0.2, 0) is 6.61 Å². The zero-order chi connectivity index (χ0) is 19.9. The second-order valence-corrected chi connectivity index (χ2v) is 5.45. The quantitative estimate of drug-likeness (QED) is 0.537. The van der Waals surface area contributed by atoms with Gasteiger partial charge in [0.25, 0.3) is 5.89 Å². The van der Waals surface area contributed by atoms with Gasteiger partial charge in [0.05, 0.1) is 13.7 Å². The summed E-state index contributed by atoms with van der Waals surface area (Å²) in [4.78, 5) is 4.24. The Labute approximate surface area is 159 Å². The predicted octanol–water partition coefficient (Wildman–Crippen LogP) is 4.32. The molecule has 0 atom stereocenters. The molecule has 0 saturated heterocycles. The van der Waals surface area contributed by atoms with Gasteiger partial charge >= 0.3 is 6.61 Å². The minimum Gasteiger partial charge on any atom is -0.494 e. The molecule has 0 aliphatic carbocycles. The molecule has 0 radical (unpaired) electrons. The number of aromatic nitrogens is 2. The van der Waals surface area contributed by atoms with E-state index in [2.05, 4.69) is 14.9 Å². The van der Waals surface area contributed by atoms with E-state index < -0.39 is 6.61 Å². The molecule has 148 valence electrons. The van der Waals surface area contributed by atoms with Crippen molar-refractivity contribution < 1.29 is 32.3 Å². The van der Waals surface area contributed by atoms with Gasteiger partial charge in [0.15, 0.2) is 18.1 Å². The highest BCUT2D eigenvalue weighted by Crippen LogP contribution is 2.32. The summed E-state index contributed by atoms with van der Waals surface area (Å²) in [5, 5.41) is 3.87. The lowest BCUT2D eigenvalue weighted by atomic mass is 10.2. The summed E-state index contributed by atoms with van der Waals surface area (Å²) >= 11 is 0. The fourth-order valence-corrected chi connectivity index (χ4v) is 2.37. The molecule has 0 aliphatic heterocycles. The maximum atomic E-state index is 12.4. The highest BCUT2D eigenvalue weighted by Gasteiger charge is 2.15. The normalized spacial score (nSPS) is 10.8. The Bertz CT molecular complexity index is 900. The summed E-state index contributed by atoms with van der Waals surface area (Å²) in [6.07, 6.45) is 0. The minimum atomic E-state index is -2.95. The predicted molar refractivity (Wildman–Crippen MR) is 94.9 cm³/mol. The van der Waals surface area contributed by atoms with Crippen molar-refractivity contribution in [3.05, 3.63) is 48.4 Å². The minimum absolute atomic E-state index is 0.0741. The van der Waals surface area contributed by atoms with Gasteiger partial charge in [-0.25, -0.2) is 0 Å². The first-order valence-corrected chi connectivity index (χ1v) is 8.40. The lowest BCUT2D eigenvalue weighted by Gasteiger charge is -2.10. The Hall–Kier alpha value is -3.36. The van der Waals surface area contributed by atoms with Gasteiger partial charge in [0, 0.05) is 5.56 Å². The lowest BCUT2D eigenvalue weighted by Crippen LogP contribution is -2.03. The zero-order valence-corrected chi connectivity index (χ0v) is 15.2. The molecule has 0 N–H and O–H groups in total. The van der Waals surface area contributed by atoms with Crippen LogP contribution in [-0.4, -0.2) is 30.5 Å². The van der Waals surface area contributed by atoms with Gasteiger partial charge in [0.1, 0.15) is 11.5 Å². The second-order valence-electron chi connectivity index (χ2n) is 5.45. The van der Waals surface area contributed by atoms with Crippen LogP contribution in [0.3, 0.4) is 0 Å². The van der Waals surface area contributed by atoms with E-state index in [1.807, 2.05) is 6.92 Å². The summed E-state index contributed by atoms with van der Waals surface area (Å²) in [5.74, 6) is 1.96. The number of ether oxygens (including phenoxy) is 4. The van der Waals surface area contributed by atoms with Crippen LogP contribution in [0.5, 0.6) is 23.0 Å². The van der Waals surface area contributed by atoms with Crippen LogP contribution in [0, 0.1) is 0 Å². The molecule has 1 heterocycles. The van der Waals surface area contributed by atoms with E-state index in [1.54, 1.807) is 24.3 Å². The van der Waals surface area contributed by atoms with E-state index in [-0.39, 0.29) is 29.8 Å². The van der Waals surface area contributed by atoms with Crippen LogP contribution >= 0.6 is 0 Å². The topological polar surface area (TPSA) is 75.8 Å². The van der Waals surface area contributed by atoms with Gasteiger partial charge < -0.3 is 23.5 Å². The maximum absolute atomic E-state index is 12.4. The van der Waals surface area contributed by atoms with Crippen molar-refractivity contribution in [1.82, 2.24) is 10.1 Å². The molecule has 1 aromatic heterocycles. The number of benzene rings is 2. The average molecular weight is 392 g/mol. The molecule has 0 amide bonds. The first kappa shape index (κ1) is 19.4. The van der Waals surface area contributed by atoms with Gasteiger partial charge in [0.2, 0.25) is 5.82 Å². The molecule has 2 aromatic carbocycles. The fraction of sp³-hybridized carbons (Fsp3) is 0.263. The number of nitrogens with zero attached hydrogens (tertiary/aromatic N) is 2. The van der Waals surface area contributed by atoms with E-state index >= 15 is 0 Å². The fourth-order valence-electron chi connectivity index (χ4n) is 2.37. The highest BCUT2D eigenvalue weighted by atomic mass is 19.3. The lowest BCUT2D eigenvalue weighted by molar-refractivity contribution is -0.0512. The van der Waals surface area contributed by atoms with Gasteiger partial charge in [-0.15, -0.1) is 0 Å². The third kappa shape index (κ3) is 4.87. The van der Waals surface area contributed by atoms with Crippen molar-refractivity contribution in [1.29, 1.82) is 0 Å². The zero-order valence-electron chi connectivity index (χ0n) is 15.2. The second kappa shape index (κ2) is 9.03. The third-order valence-corrected chi connectivity index (χ3v) is 3.60. The molecular weight excluding hydrogens is 374 g/mol. The van der Waals surface area contributed by atoms with E-state index in [9.17, 15) is 8.78 Å². The molecular formula is C19H18F2N2O5. The van der Waals surface area contributed by atoms with E-state index in [0.29, 0.717) is 17.9 Å². The standard InChI is InChI=1S/C19H18F2N2O5/c1-3-25-13-5-7-14(8-6-13)26-11-17-22-18(23-28-17)12-4-9-15(27-19(20)21)16(10-12)24-2/h4-10,19H,3,11H2,1-2H3. The SMILES string of the molecule is CCOc1ccc(OCc2nc(-c3ccc(OC(F)F)c(OC)c3)no2)cc1. The highest BCUT2D eigenvalue weighted by molar-refractivity contribution is 5.60. The smallest absolute Gasteiger partial charge is 0.387 e. The Morgan fingerprint density at radius 3 is 2.36 bits per heavy atom. The molecule has 28 heavy (non-hydrogen) atoms. The maximum Gasteiger partial charge on any atom is 0.387 e. The average Bonchev–Trinajstić information content (AvgIpc) is 3.16. The summed E-state index contributed by atoms with van der Waals surface area (Å²) in [6.45, 7) is -0.376. The molecule has 0 spiro atoms. The Kier molecular flexibility index (Phi) is 6.25. The molecule has 0 aliphatic rings. The molecule has 3 rings (SSSR count). The molecule has 3 aromatic rings. The summed E-state index contributed by atoms with van der Waals surface area (Å²) in [6, 6.07) is 11.5. The van der Waals surface area contributed by atoms with Crippen molar-refractivity contribution in [2.24, 2.45) is 0 Å². The number of hydrogen-bond donors (Lipinski definition) is 0. The van der Waals surface area contributed by atoms with Crippen molar-refractivity contribution in [2.75, 3.05) is 13.7 Å². The van der Waals surface area contributed by atoms with Crippen molar-refractivity contribution >= 4 is 0 Å². The van der Waals surface area contributed by atoms with Crippen LogP contribution < -0.4 is 18.9 Å². The largest absolute Gasteiger partial charge is 0.494 e. The first-order valence-electron chi connectivity index (χ1n) is 8.40. The molecule has 0 unspecified atom stereocenters. The Balaban J connectivity index is 1.66. The van der Waals surface area contributed by atoms with Crippen LogP contribution in [0.25, 0.3) is 11.4 Å². The third-order valence-electron chi connectivity index (χ3n) is 3.60. The van der Waals surface area contributed by atoms with Crippen molar-refractivity contribution in [3.63, 3.8) is 0 Å². The number of halogens is 2. The molecule has 7 nitrogen and oxygen atoms in total.